The Morgan fingerprint density at radius 2 is 1.90 bits per heavy atom. The van der Waals surface area contributed by atoms with Gasteiger partial charge in [0.25, 0.3) is 0 Å². The summed E-state index contributed by atoms with van der Waals surface area (Å²) >= 11 is 3.68. The summed E-state index contributed by atoms with van der Waals surface area (Å²) in [6.45, 7) is 5.72. The summed E-state index contributed by atoms with van der Waals surface area (Å²) in [5, 5.41) is 3.34. The summed E-state index contributed by atoms with van der Waals surface area (Å²) in [7, 11) is 3.49. The summed E-state index contributed by atoms with van der Waals surface area (Å²) in [5.41, 5.74) is 2.49. The van der Waals surface area contributed by atoms with Crippen molar-refractivity contribution in [3.8, 4) is 0 Å². The quantitative estimate of drug-likeness (QED) is 0.860. The van der Waals surface area contributed by atoms with Crippen molar-refractivity contribution in [3.63, 3.8) is 0 Å². The van der Waals surface area contributed by atoms with Crippen molar-refractivity contribution in [1.82, 2.24) is 5.32 Å². The third-order valence-electron chi connectivity index (χ3n) is 3.75. The Hall–Kier alpha value is -0.620. The lowest BCUT2D eigenvalue weighted by Crippen LogP contribution is -2.27. The van der Waals surface area contributed by atoms with Crippen LogP contribution in [0.15, 0.2) is 22.7 Å². The van der Waals surface area contributed by atoms with E-state index in [1.54, 1.807) is 14.2 Å². The number of nitrogens with zero attached hydrogens (tertiary/aromatic N) is 1. The number of benzene rings is 1. The van der Waals surface area contributed by atoms with E-state index in [4.69, 9.17) is 9.47 Å². The third kappa shape index (κ3) is 3.52. The molecule has 0 spiro atoms. The average molecular weight is 343 g/mol. The molecule has 1 aromatic rings. The van der Waals surface area contributed by atoms with E-state index in [0.717, 1.165) is 30.7 Å². The number of methoxy groups -OCH3 is 2. The first-order valence-corrected chi connectivity index (χ1v) is 7.78. The fourth-order valence-electron chi connectivity index (χ4n) is 2.58. The summed E-state index contributed by atoms with van der Waals surface area (Å²) < 4.78 is 12.1. The molecule has 1 fully saturated rings. The van der Waals surface area contributed by atoms with Gasteiger partial charge in [0, 0.05) is 38.3 Å². The lowest BCUT2D eigenvalue weighted by atomic mass is 10.2. The first-order chi connectivity index (χ1) is 9.69. The minimum atomic E-state index is 0.133. The molecule has 2 atom stereocenters. The van der Waals surface area contributed by atoms with Gasteiger partial charge in [0.1, 0.15) is 12.2 Å². The Labute approximate surface area is 129 Å². The van der Waals surface area contributed by atoms with Crippen LogP contribution in [0.25, 0.3) is 0 Å². The van der Waals surface area contributed by atoms with E-state index >= 15 is 0 Å². The van der Waals surface area contributed by atoms with Crippen LogP contribution in [0.5, 0.6) is 0 Å². The van der Waals surface area contributed by atoms with Gasteiger partial charge in [-0.05, 0) is 40.2 Å². The normalized spacial score (nSPS) is 22.5. The van der Waals surface area contributed by atoms with Gasteiger partial charge in [0.2, 0.25) is 0 Å². The molecular formula is C15H23BrN2O2. The summed E-state index contributed by atoms with van der Waals surface area (Å²) in [6.07, 6.45) is 0.265. The molecule has 1 aliphatic heterocycles. The Morgan fingerprint density at radius 1 is 1.25 bits per heavy atom. The molecule has 20 heavy (non-hydrogen) atoms. The van der Waals surface area contributed by atoms with Crippen LogP contribution >= 0.6 is 15.9 Å². The van der Waals surface area contributed by atoms with Gasteiger partial charge in [-0.2, -0.15) is 0 Å². The molecule has 1 aliphatic rings. The molecule has 1 heterocycles. The first kappa shape index (κ1) is 15.8. The lowest BCUT2D eigenvalue weighted by Gasteiger charge is -2.20. The number of hydrogen-bond donors (Lipinski definition) is 1. The number of hydrogen-bond acceptors (Lipinski definition) is 4. The molecule has 2 rings (SSSR count). The predicted octanol–water partition coefficient (Wildman–Crippen LogP) is 2.41. The molecule has 0 saturated carbocycles. The van der Waals surface area contributed by atoms with Gasteiger partial charge in [-0.3, -0.25) is 0 Å². The maximum atomic E-state index is 5.49. The van der Waals surface area contributed by atoms with Crippen LogP contribution in [0.3, 0.4) is 0 Å². The molecule has 0 bridgehead atoms. The standard InChI is InChI=1S/C15H23BrN2O2/c1-4-17-8-11-5-6-13(12(16)7-11)18-9-14(19-2)15(10-18)20-3/h5-7,14-15,17H,4,8-10H2,1-3H3. The van der Waals surface area contributed by atoms with E-state index in [1.165, 1.54) is 11.3 Å². The van der Waals surface area contributed by atoms with E-state index in [0.29, 0.717) is 0 Å². The zero-order valence-electron chi connectivity index (χ0n) is 12.4. The maximum Gasteiger partial charge on any atom is 0.102 e. The predicted molar refractivity (Wildman–Crippen MR) is 85.3 cm³/mol. The minimum Gasteiger partial charge on any atom is -0.377 e. The van der Waals surface area contributed by atoms with Crippen LogP contribution < -0.4 is 10.2 Å². The fraction of sp³-hybridized carbons (Fsp3) is 0.600. The molecule has 2 unspecified atom stereocenters. The zero-order chi connectivity index (χ0) is 14.5. The van der Waals surface area contributed by atoms with E-state index in [9.17, 15) is 0 Å². The van der Waals surface area contributed by atoms with Gasteiger partial charge in [-0.1, -0.05) is 13.0 Å². The lowest BCUT2D eigenvalue weighted by molar-refractivity contribution is -0.00461. The van der Waals surface area contributed by atoms with Crippen LogP contribution in [-0.2, 0) is 16.0 Å². The van der Waals surface area contributed by atoms with Crippen molar-refractivity contribution in [2.45, 2.75) is 25.7 Å². The van der Waals surface area contributed by atoms with Crippen molar-refractivity contribution < 1.29 is 9.47 Å². The van der Waals surface area contributed by atoms with Gasteiger partial charge >= 0.3 is 0 Å². The highest BCUT2D eigenvalue weighted by molar-refractivity contribution is 9.10. The Bertz CT molecular complexity index is 430. The van der Waals surface area contributed by atoms with E-state index < -0.39 is 0 Å². The maximum absolute atomic E-state index is 5.49. The van der Waals surface area contributed by atoms with E-state index in [2.05, 4.69) is 51.3 Å². The van der Waals surface area contributed by atoms with Crippen molar-refractivity contribution in [1.29, 1.82) is 0 Å². The molecule has 1 N–H and O–H groups in total. The molecule has 0 aromatic heterocycles. The third-order valence-corrected chi connectivity index (χ3v) is 4.39. The molecule has 4 nitrogen and oxygen atoms in total. The summed E-state index contributed by atoms with van der Waals surface area (Å²) in [5.74, 6) is 0. The SMILES string of the molecule is CCNCc1ccc(N2CC(OC)C(OC)C2)c(Br)c1. The molecule has 0 amide bonds. The average Bonchev–Trinajstić information content (AvgIpc) is 2.88. The molecule has 0 aliphatic carbocycles. The van der Waals surface area contributed by atoms with E-state index in [-0.39, 0.29) is 12.2 Å². The molecular weight excluding hydrogens is 320 g/mol. The van der Waals surface area contributed by atoms with Gasteiger partial charge in [-0.25, -0.2) is 0 Å². The Balaban J connectivity index is 2.09. The number of halogens is 1. The number of anilines is 1. The number of rotatable bonds is 6. The second kappa shape index (κ2) is 7.41. The monoisotopic (exact) mass is 342 g/mol. The van der Waals surface area contributed by atoms with Crippen LogP contribution in [0.4, 0.5) is 5.69 Å². The second-order valence-corrected chi connectivity index (χ2v) is 5.87. The number of ether oxygens (including phenoxy) is 2. The summed E-state index contributed by atoms with van der Waals surface area (Å²) in [4.78, 5) is 2.31. The molecule has 1 saturated heterocycles. The van der Waals surface area contributed by atoms with Gasteiger partial charge < -0.3 is 19.7 Å². The molecule has 0 radical (unpaired) electrons. The van der Waals surface area contributed by atoms with Gasteiger partial charge in [-0.15, -0.1) is 0 Å². The van der Waals surface area contributed by atoms with Crippen molar-refractivity contribution in [2.24, 2.45) is 0 Å². The highest BCUT2D eigenvalue weighted by Gasteiger charge is 2.33. The summed E-state index contributed by atoms with van der Waals surface area (Å²) in [6, 6.07) is 6.52. The molecule has 5 heteroatoms. The highest BCUT2D eigenvalue weighted by atomic mass is 79.9. The van der Waals surface area contributed by atoms with E-state index in [1.807, 2.05) is 0 Å². The smallest absolute Gasteiger partial charge is 0.102 e. The van der Waals surface area contributed by atoms with Gasteiger partial charge in [0.15, 0.2) is 0 Å². The first-order valence-electron chi connectivity index (χ1n) is 6.99. The second-order valence-electron chi connectivity index (χ2n) is 5.02. The van der Waals surface area contributed by atoms with Crippen molar-refractivity contribution in [2.75, 3.05) is 38.8 Å². The number of nitrogens with one attached hydrogen (secondary N) is 1. The van der Waals surface area contributed by atoms with Crippen LogP contribution in [0.2, 0.25) is 0 Å². The van der Waals surface area contributed by atoms with Crippen molar-refractivity contribution in [3.05, 3.63) is 28.2 Å². The van der Waals surface area contributed by atoms with Gasteiger partial charge in [0.05, 0.1) is 5.69 Å². The van der Waals surface area contributed by atoms with Crippen LogP contribution in [0.1, 0.15) is 12.5 Å². The molecule has 1 aromatic carbocycles. The highest BCUT2D eigenvalue weighted by Crippen LogP contribution is 2.31. The minimum absolute atomic E-state index is 0.133. The Kier molecular flexibility index (Phi) is 5.84. The zero-order valence-corrected chi connectivity index (χ0v) is 13.9. The van der Waals surface area contributed by atoms with Crippen LogP contribution in [-0.4, -0.2) is 46.1 Å². The fourth-order valence-corrected chi connectivity index (χ4v) is 3.26. The largest absolute Gasteiger partial charge is 0.377 e. The van der Waals surface area contributed by atoms with Crippen molar-refractivity contribution >= 4 is 21.6 Å². The topological polar surface area (TPSA) is 33.7 Å². The van der Waals surface area contributed by atoms with Crippen LogP contribution in [0, 0.1) is 0 Å². The molecule has 112 valence electrons. The Morgan fingerprint density at radius 3 is 2.40 bits per heavy atom.